The van der Waals surface area contributed by atoms with E-state index in [9.17, 15) is 9.59 Å². The van der Waals surface area contributed by atoms with Crippen molar-refractivity contribution in [3.63, 3.8) is 0 Å². The molecule has 1 aliphatic rings. The van der Waals surface area contributed by atoms with E-state index in [-0.39, 0.29) is 17.9 Å². The zero-order chi connectivity index (χ0) is 16.9. The van der Waals surface area contributed by atoms with Crippen LogP contribution in [0.3, 0.4) is 0 Å². The number of benzene rings is 1. The Kier molecular flexibility index (Phi) is 5.15. The molecule has 0 spiro atoms. The summed E-state index contributed by atoms with van der Waals surface area (Å²) in [5.74, 6) is -0.119. The minimum atomic E-state index is -0.117. The lowest BCUT2D eigenvalue weighted by Gasteiger charge is -2.32. The van der Waals surface area contributed by atoms with Crippen LogP contribution in [0.15, 0.2) is 53.7 Å². The maximum absolute atomic E-state index is 12.6. The molecule has 0 atom stereocenters. The zero-order valence-electron chi connectivity index (χ0n) is 13.2. The first-order valence-electron chi connectivity index (χ1n) is 7.93. The molecule has 2 heterocycles. The monoisotopic (exact) mass is 341 g/mol. The molecule has 1 N–H and O–H groups in total. The topological polar surface area (TPSA) is 62.3 Å². The summed E-state index contributed by atoms with van der Waals surface area (Å²) in [4.78, 5) is 31.2. The van der Waals surface area contributed by atoms with Crippen molar-refractivity contribution in [1.29, 1.82) is 0 Å². The second-order valence-corrected chi connectivity index (χ2v) is 6.28. The number of carbonyl (C=O) groups is 2. The predicted octanol–water partition coefficient (Wildman–Crippen LogP) is 2.40. The molecule has 2 amide bonds. The van der Waals surface area contributed by atoms with E-state index in [4.69, 9.17) is 0 Å². The van der Waals surface area contributed by atoms with Gasteiger partial charge in [-0.2, -0.15) is 0 Å². The van der Waals surface area contributed by atoms with Crippen LogP contribution in [0, 0.1) is 0 Å². The second kappa shape index (κ2) is 7.49. The van der Waals surface area contributed by atoms with Crippen molar-refractivity contribution in [3.05, 3.63) is 59.9 Å². The molecule has 0 bridgehead atoms. The third-order valence-electron chi connectivity index (χ3n) is 4.18. The van der Waals surface area contributed by atoms with E-state index in [1.807, 2.05) is 23.1 Å². The quantitative estimate of drug-likeness (QED) is 0.843. The SMILES string of the molecule is O=C(NC1CCN(C(=O)c2ccccc2S)CC1)c1cccnc1. The van der Waals surface area contributed by atoms with Gasteiger partial charge < -0.3 is 10.2 Å². The maximum Gasteiger partial charge on any atom is 0.254 e. The standard InChI is InChI=1S/C18H19N3O2S/c22-17(13-4-3-9-19-12-13)20-14-7-10-21(11-8-14)18(23)15-5-1-2-6-16(15)24/h1-6,9,12,14,24H,7-8,10-11H2,(H,20,22). The number of amides is 2. The molecule has 0 aliphatic carbocycles. The van der Waals surface area contributed by atoms with Gasteiger partial charge in [0.15, 0.2) is 0 Å². The Morgan fingerprint density at radius 3 is 2.54 bits per heavy atom. The third kappa shape index (κ3) is 3.76. The molecule has 1 aliphatic heterocycles. The summed E-state index contributed by atoms with van der Waals surface area (Å²) in [5, 5.41) is 3.01. The Hall–Kier alpha value is -2.34. The lowest BCUT2D eigenvalue weighted by atomic mass is 10.0. The molecule has 2 aromatic rings. The van der Waals surface area contributed by atoms with E-state index in [1.54, 1.807) is 30.6 Å². The summed E-state index contributed by atoms with van der Waals surface area (Å²) in [6.45, 7) is 1.25. The molecule has 0 saturated carbocycles. The van der Waals surface area contributed by atoms with Gasteiger partial charge in [0.05, 0.1) is 11.1 Å². The van der Waals surface area contributed by atoms with Crippen LogP contribution in [-0.2, 0) is 0 Å². The number of piperidine rings is 1. The molecular formula is C18H19N3O2S. The summed E-state index contributed by atoms with van der Waals surface area (Å²) in [5.41, 5.74) is 1.18. The first-order chi connectivity index (χ1) is 11.6. The van der Waals surface area contributed by atoms with E-state index in [2.05, 4.69) is 22.9 Å². The zero-order valence-corrected chi connectivity index (χ0v) is 14.1. The van der Waals surface area contributed by atoms with Gasteiger partial charge in [-0.25, -0.2) is 0 Å². The van der Waals surface area contributed by atoms with Crippen LogP contribution in [0.2, 0.25) is 0 Å². The summed E-state index contributed by atoms with van der Waals surface area (Å²) >= 11 is 4.35. The van der Waals surface area contributed by atoms with Gasteiger partial charge in [0, 0.05) is 36.4 Å². The van der Waals surface area contributed by atoms with E-state index < -0.39 is 0 Å². The minimum Gasteiger partial charge on any atom is -0.349 e. The van der Waals surface area contributed by atoms with Crippen LogP contribution in [-0.4, -0.2) is 40.8 Å². The summed E-state index contributed by atoms with van der Waals surface area (Å²) in [6.07, 6.45) is 4.68. The van der Waals surface area contributed by atoms with Crippen LogP contribution in [0.5, 0.6) is 0 Å². The summed E-state index contributed by atoms with van der Waals surface area (Å²) in [6, 6.07) is 10.9. The first kappa shape index (κ1) is 16.5. The van der Waals surface area contributed by atoms with E-state index in [0.717, 1.165) is 12.8 Å². The lowest BCUT2D eigenvalue weighted by Crippen LogP contribution is -2.46. The van der Waals surface area contributed by atoms with Crippen molar-refractivity contribution in [2.75, 3.05) is 13.1 Å². The number of hydrogen-bond donors (Lipinski definition) is 2. The number of rotatable bonds is 3. The highest BCUT2D eigenvalue weighted by Crippen LogP contribution is 2.19. The molecule has 124 valence electrons. The van der Waals surface area contributed by atoms with Crippen molar-refractivity contribution in [2.24, 2.45) is 0 Å². The van der Waals surface area contributed by atoms with Crippen LogP contribution < -0.4 is 5.32 Å². The van der Waals surface area contributed by atoms with Gasteiger partial charge in [0.25, 0.3) is 11.8 Å². The van der Waals surface area contributed by atoms with Crippen molar-refractivity contribution >= 4 is 24.4 Å². The Morgan fingerprint density at radius 2 is 1.88 bits per heavy atom. The van der Waals surface area contributed by atoms with Gasteiger partial charge in [0.1, 0.15) is 0 Å². The molecule has 0 unspecified atom stereocenters. The Labute approximate surface area is 146 Å². The molecular weight excluding hydrogens is 322 g/mol. The number of pyridine rings is 1. The largest absolute Gasteiger partial charge is 0.349 e. The van der Waals surface area contributed by atoms with Crippen molar-refractivity contribution < 1.29 is 9.59 Å². The molecule has 1 aromatic heterocycles. The van der Waals surface area contributed by atoms with Gasteiger partial charge in [-0.15, -0.1) is 12.6 Å². The Balaban J connectivity index is 1.55. The predicted molar refractivity (Wildman–Crippen MR) is 94.3 cm³/mol. The van der Waals surface area contributed by atoms with Crippen LogP contribution in [0.25, 0.3) is 0 Å². The van der Waals surface area contributed by atoms with E-state index in [0.29, 0.717) is 29.1 Å². The summed E-state index contributed by atoms with van der Waals surface area (Å²) < 4.78 is 0. The Bertz CT molecular complexity index is 728. The average molecular weight is 341 g/mol. The number of aromatic nitrogens is 1. The lowest BCUT2D eigenvalue weighted by molar-refractivity contribution is 0.0695. The Morgan fingerprint density at radius 1 is 1.12 bits per heavy atom. The highest BCUT2D eigenvalue weighted by atomic mass is 32.1. The fourth-order valence-electron chi connectivity index (χ4n) is 2.82. The van der Waals surface area contributed by atoms with Gasteiger partial charge in [-0.1, -0.05) is 12.1 Å². The molecule has 0 radical (unpaired) electrons. The number of carbonyl (C=O) groups excluding carboxylic acids is 2. The fraction of sp³-hybridized carbons (Fsp3) is 0.278. The summed E-state index contributed by atoms with van der Waals surface area (Å²) in [7, 11) is 0. The van der Waals surface area contributed by atoms with Crippen LogP contribution >= 0.6 is 12.6 Å². The van der Waals surface area contributed by atoms with Gasteiger partial charge in [-0.05, 0) is 37.1 Å². The second-order valence-electron chi connectivity index (χ2n) is 5.80. The average Bonchev–Trinajstić information content (AvgIpc) is 2.63. The molecule has 6 heteroatoms. The molecule has 5 nitrogen and oxygen atoms in total. The third-order valence-corrected chi connectivity index (χ3v) is 4.57. The van der Waals surface area contributed by atoms with Gasteiger partial charge in [0.2, 0.25) is 0 Å². The minimum absolute atomic E-state index is 0.00219. The smallest absolute Gasteiger partial charge is 0.254 e. The normalized spacial score (nSPS) is 15.1. The maximum atomic E-state index is 12.6. The van der Waals surface area contributed by atoms with Crippen LogP contribution in [0.4, 0.5) is 0 Å². The fourth-order valence-corrected chi connectivity index (χ4v) is 3.07. The number of nitrogens with zero attached hydrogens (tertiary/aromatic N) is 2. The number of likely N-dealkylation sites (tertiary alicyclic amines) is 1. The molecule has 1 fully saturated rings. The van der Waals surface area contributed by atoms with Crippen molar-refractivity contribution in [2.45, 2.75) is 23.8 Å². The highest BCUT2D eigenvalue weighted by molar-refractivity contribution is 7.80. The number of thiol groups is 1. The first-order valence-corrected chi connectivity index (χ1v) is 8.38. The van der Waals surface area contributed by atoms with Crippen LogP contribution in [0.1, 0.15) is 33.6 Å². The van der Waals surface area contributed by atoms with E-state index >= 15 is 0 Å². The van der Waals surface area contributed by atoms with Crippen molar-refractivity contribution in [1.82, 2.24) is 15.2 Å². The van der Waals surface area contributed by atoms with Gasteiger partial charge in [-0.3, -0.25) is 14.6 Å². The molecule has 1 aromatic carbocycles. The highest BCUT2D eigenvalue weighted by Gasteiger charge is 2.25. The van der Waals surface area contributed by atoms with Gasteiger partial charge >= 0.3 is 0 Å². The number of nitrogens with one attached hydrogen (secondary N) is 1. The van der Waals surface area contributed by atoms with Crippen molar-refractivity contribution in [3.8, 4) is 0 Å². The molecule has 3 rings (SSSR count). The number of hydrogen-bond acceptors (Lipinski definition) is 4. The molecule has 1 saturated heterocycles. The molecule has 24 heavy (non-hydrogen) atoms. The van der Waals surface area contributed by atoms with E-state index in [1.165, 1.54) is 0 Å².